The molecule has 0 spiro atoms. The summed E-state index contributed by atoms with van der Waals surface area (Å²) in [5.74, 6) is 0.852. The first kappa shape index (κ1) is 31.8. The standard InChI is InChI=1S/C32H40N6O4S2/c1-32(2)15-18-38(19-16-32)24-10-12-27-30(20-24)42-35-31(27)36-44(40,41)26-11-13-28(29(21-26)34-39)33-23(14-17-37(3)4)22-43-25-8-6-5-7-9-25/h5-13,20-21,23,33H,14-19,22H2,1-4H3,(H,35,36)/t23-/m1/s1. The van der Waals surface area contributed by atoms with Gasteiger partial charge in [0.15, 0.2) is 11.4 Å². The van der Waals surface area contributed by atoms with Crippen LogP contribution in [0.2, 0.25) is 0 Å². The zero-order valence-corrected chi connectivity index (χ0v) is 27.2. The summed E-state index contributed by atoms with van der Waals surface area (Å²) in [5, 5.41) is 11.1. The Bertz CT molecular complexity index is 1680. The summed E-state index contributed by atoms with van der Waals surface area (Å²) in [6, 6.07) is 20.2. The van der Waals surface area contributed by atoms with Crippen molar-refractivity contribution in [3.8, 4) is 0 Å². The molecule has 5 rings (SSSR count). The SMILES string of the molecule is CN(C)CC[C@H](CSc1ccccc1)Nc1ccc(S(=O)(=O)Nc2noc3cc(N4CCC(C)(C)CC4)ccc23)cc1N=O. The molecule has 12 heteroatoms. The molecule has 1 aliphatic rings. The van der Waals surface area contributed by atoms with Gasteiger partial charge in [0, 0.05) is 41.5 Å². The molecule has 4 aromatic rings. The monoisotopic (exact) mass is 636 g/mol. The highest BCUT2D eigenvalue weighted by atomic mass is 32.2. The summed E-state index contributed by atoms with van der Waals surface area (Å²) in [6.45, 7) is 7.32. The van der Waals surface area contributed by atoms with Crippen LogP contribution in [-0.2, 0) is 10.0 Å². The van der Waals surface area contributed by atoms with Crippen molar-refractivity contribution >= 4 is 55.6 Å². The van der Waals surface area contributed by atoms with Gasteiger partial charge >= 0.3 is 0 Å². The highest BCUT2D eigenvalue weighted by Gasteiger charge is 2.26. The first-order chi connectivity index (χ1) is 21.0. The van der Waals surface area contributed by atoms with Crippen molar-refractivity contribution in [2.24, 2.45) is 10.6 Å². The molecule has 0 bridgehead atoms. The van der Waals surface area contributed by atoms with E-state index in [1.54, 1.807) is 17.8 Å². The summed E-state index contributed by atoms with van der Waals surface area (Å²) in [4.78, 5) is 17.3. The number of rotatable bonds is 13. The van der Waals surface area contributed by atoms with Crippen LogP contribution in [0.25, 0.3) is 11.0 Å². The van der Waals surface area contributed by atoms with Crippen molar-refractivity contribution in [2.45, 2.75) is 48.9 Å². The average molecular weight is 637 g/mol. The lowest BCUT2D eigenvalue weighted by Crippen LogP contribution is -2.37. The van der Waals surface area contributed by atoms with Gasteiger partial charge < -0.3 is 19.6 Å². The maximum Gasteiger partial charge on any atom is 0.263 e. The predicted molar refractivity (Wildman–Crippen MR) is 180 cm³/mol. The number of thioether (sulfide) groups is 1. The van der Waals surface area contributed by atoms with Crippen molar-refractivity contribution in [1.29, 1.82) is 0 Å². The van der Waals surface area contributed by atoms with Gasteiger partial charge in [-0.05, 0) is 93.0 Å². The Kier molecular flexibility index (Phi) is 9.81. The molecule has 1 fully saturated rings. The number of nitrogens with one attached hydrogen (secondary N) is 2. The van der Waals surface area contributed by atoms with Gasteiger partial charge in [-0.2, -0.15) is 0 Å². The van der Waals surface area contributed by atoms with Crippen molar-refractivity contribution < 1.29 is 12.9 Å². The molecule has 1 saturated heterocycles. The molecule has 0 unspecified atom stereocenters. The van der Waals surface area contributed by atoms with Gasteiger partial charge in [0.1, 0.15) is 5.69 Å². The Hall–Kier alpha value is -3.61. The molecule has 2 N–H and O–H groups in total. The first-order valence-electron chi connectivity index (χ1n) is 14.8. The third-order valence-electron chi connectivity index (χ3n) is 8.03. The van der Waals surface area contributed by atoms with Crippen molar-refractivity contribution in [3.63, 3.8) is 0 Å². The summed E-state index contributed by atoms with van der Waals surface area (Å²) >= 11 is 1.72. The topological polar surface area (TPSA) is 120 Å². The highest BCUT2D eigenvalue weighted by Crippen LogP contribution is 2.35. The minimum absolute atomic E-state index is 0.0199. The van der Waals surface area contributed by atoms with E-state index in [4.69, 9.17) is 4.52 Å². The van der Waals surface area contributed by atoms with Crippen LogP contribution in [-0.4, -0.2) is 64.0 Å². The molecule has 0 amide bonds. The molecule has 44 heavy (non-hydrogen) atoms. The predicted octanol–water partition coefficient (Wildman–Crippen LogP) is 7.18. The second-order valence-corrected chi connectivity index (χ2v) is 15.1. The fraction of sp³-hybridized carbons (Fsp3) is 0.406. The molecule has 10 nitrogen and oxygen atoms in total. The van der Waals surface area contributed by atoms with Crippen LogP contribution in [0.3, 0.4) is 0 Å². The maximum absolute atomic E-state index is 13.4. The van der Waals surface area contributed by atoms with Crippen LogP contribution in [0.15, 0.2) is 86.2 Å². The Morgan fingerprint density at radius 3 is 2.52 bits per heavy atom. The molecule has 0 saturated carbocycles. The van der Waals surface area contributed by atoms with E-state index in [2.05, 4.69) is 56.2 Å². The van der Waals surface area contributed by atoms with Gasteiger partial charge in [0.2, 0.25) is 0 Å². The summed E-state index contributed by atoms with van der Waals surface area (Å²) in [6.07, 6.45) is 3.02. The van der Waals surface area contributed by atoms with Crippen LogP contribution in [0.4, 0.5) is 22.9 Å². The highest BCUT2D eigenvalue weighted by molar-refractivity contribution is 7.99. The lowest BCUT2D eigenvalue weighted by molar-refractivity contribution is 0.280. The lowest BCUT2D eigenvalue weighted by Gasteiger charge is -2.38. The number of hydrogen-bond acceptors (Lipinski definition) is 10. The third kappa shape index (κ3) is 7.91. The van der Waals surface area contributed by atoms with Crippen LogP contribution >= 0.6 is 11.8 Å². The molecule has 0 aliphatic carbocycles. The lowest BCUT2D eigenvalue weighted by atomic mass is 9.82. The van der Waals surface area contributed by atoms with E-state index in [1.807, 2.05) is 50.5 Å². The quantitative estimate of drug-likeness (QED) is 0.116. The van der Waals surface area contributed by atoms with E-state index >= 15 is 0 Å². The van der Waals surface area contributed by atoms with E-state index in [0.29, 0.717) is 22.1 Å². The Labute approximate surface area is 263 Å². The fourth-order valence-electron chi connectivity index (χ4n) is 5.17. The number of fused-ring (bicyclic) bond motifs is 1. The molecule has 1 atom stereocenters. The summed E-state index contributed by atoms with van der Waals surface area (Å²) in [7, 11) is -0.0589. The molecular weight excluding hydrogens is 597 g/mol. The normalized spacial score (nSPS) is 15.8. The van der Waals surface area contributed by atoms with Crippen molar-refractivity contribution in [2.75, 3.05) is 54.4 Å². The van der Waals surface area contributed by atoms with E-state index in [1.165, 1.54) is 12.1 Å². The number of hydrogen-bond donors (Lipinski definition) is 2. The number of piperidine rings is 1. The summed E-state index contributed by atoms with van der Waals surface area (Å²) in [5.41, 5.74) is 2.36. The molecule has 1 aromatic heterocycles. The van der Waals surface area contributed by atoms with E-state index in [0.717, 1.165) is 55.2 Å². The number of nitroso groups, excluding NO2 is 1. The van der Waals surface area contributed by atoms with Gasteiger partial charge in [-0.15, -0.1) is 16.7 Å². The number of aromatic nitrogens is 1. The van der Waals surface area contributed by atoms with Crippen molar-refractivity contribution in [3.05, 3.63) is 71.6 Å². The molecule has 1 aliphatic heterocycles. The molecule has 0 radical (unpaired) electrons. The molecule has 234 valence electrons. The second kappa shape index (κ2) is 13.6. The summed E-state index contributed by atoms with van der Waals surface area (Å²) < 4.78 is 34.8. The van der Waals surface area contributed by atoms with E-state index < -0.39 is 10.0 Å². The van der Waals surface area contributed by atoms with Crippen LogP contribution in [0.5, 0.6) is 0 Å². The molecule has 2 heterocycles. The Morgan fingerprint density at radius 2 is 1.82 bits per heavy atom. The number of nitrogens with zero attached hydrogens (tertiary/aromatic N) is 4. The largest absolute Gasteiger partial charge is 0.380 e. The Balaban J connectivity index is 1.30. The van der Waals surface area contributed by atoms with Crippen molar-refractivity contribution in [1.82, 2.24) is 10.1 Å². The molecule has 3 aromatic carbocycles. The fourth-order valence-corrected chi connectivity index (χ4v) is 7.20. The number of benzene rings is 3. The average Bonchev–Trinajstić information content (AvgIpc) is 3.40. The van der Waals surface area contributed by atoms with Crippen LogP contribution in [0.1, 0.15) is 33.1 Å². The smallest absolute Gasteiger partial charge is 0.263 e. The van der Waals surface area contributed by atoms with Gasteiger partial charge in [0.25, 0.3) is 10.0 Å². The zero-order chi connectivity index (χ0) is 31.3. The number of sulfonamides is 1. The minimum atomic E-state index is -4.08. The van der Waals surface area contributed by atoms with Crippen LogP contribution < -0.4 is 14.9 Å². The van der Waals surface area contributed by atoms with E-state index in [9.17, 15) is 13.3 Å². The first-order valence-corrected chi connectivity index (χ1v) is 17.2. The minimum Gasteiger partial charge on any atom is -0.380 e. The Morgan fingerprint density at radius 1 is 1.07 bits per heavy atom. The third-order valence-corrected chi connectivity index (χ3v) is 10.5. The van der Waals surface area contributed by atoms with Gasteiger partial charge in [0.05, 0.1) is 16.0 Å². The maximum atomic E-state index is 13.4. The van der Waals surface area contributed by atoms with Gasteiger partial charge in [-0.3, -0.25) is 4.72 Å². The van der Waals surface area contributed by atoms with Crippen LogP contribution in [0, 0.1) is 10.3 Å². The molecular formula is C32H40N6O4S2. The van der Waals surface area contributed by atoms with Gasteiger partial charge in [-0.25, -0.2) is 8.42 Å². The van der Waals surface area contributed by atoms with Gasteiger partial charge in [-0.1, -0.05) is 37.2 Å². The second-order valence-electron chi connectivity index (χ2n) is 12.3. The zero-order valence-electron chi connectivity index (χ0n) is 25.6. The van der Waals surface area contributed by atoms with E-state index in [-0.39, 0.29) is 22.4 Å². The number of anilines is 3.